The van der Waals surface area contributed by atoms with Gasteiger partial charge >= 0.3 is 0 Å². The number of nitrogens with one attached hydrogen (secondary N) is 2. The lowest BCUT2D eigenvalue weighted by Gasteiger charge is -2.23. The van der Waals surface area contributed by atoms with Crippen molar-refractivity contribution < 1.29 is 13.2 Å². The molecule has 1 aromatic rings. The average molecular weight is 318 g/mol. The van der Waals surface area contributed by atoms with Crippen molar-refractivity contribution >= 4 is 21.4 Å². The molecule has 1 atom stereocenters. The highest BCUT2D eigenvalue weighted by atomic mass is 32.2. The Balaban J connectivity index is 2.18. The SMILES string of the molecule is CCNCc1cc(S(=O)(=O)NC2(C)CCOC2)c(C)s1. The maximum Gasteiger partial charge on any atom is 0.242 e. The maximum absolute atomic E-state index is 12.5. The topological polar surface area (TPSA) is 67.4 Å². The molecule has 7 heteroatoms. The van der Waals surface area contributed by atoms with E-state index < -0.39 is 15.6 Å². The molecule has 20 heavy (non-hydrogen) atoms. The van der Waals surface area contributed by atoms with Crippen molar-refractivity contribution in [1.29, 1.82) is 0 Å². The van der Waals surface area contributed by atoms with Gasteiger partial charge in [-0.25, -0.2) is 13.1 Å². The Kier molecular flexibility index (Phi) is 4.86. The van der Waals surface area contributed by atoms with Gasteiger partial charge < -0.3 is 10.1 Å². The van der Waals surface area contributed by atoms with Gasteiger partial charge in [-0.15, -0.1) is 11.3 Å². The Morgan fingerprint density at radius 3 is 2.85 bits per heavy atom. The number of hydrogen-bond acceptors (Lipinski definition) is 5. The van der Waals surface area contributed by atoms with Gasteiger partial charge in [0.1, 0.15) is 0 Å². The van der Waals surface area contributed by atoms with Crippen molar-refractivity contribution in [1.82, 2.24) is 10.0 Å². The first kappa shape index (κ1) is 15.9. The third-order valence-corrected chi connectivity index (χ3v) is 6.31. The Morgan fingerprint density at radius 1 is 1.50 bits per heavy atom. The van der Waals surface area contributed by atoms with Crippen molar-refractivity contribution in [3.63, 3.8) is 0 Å². The van der Waals surface area contributed by atoms with E-state index in [1.165, 1.54) is 11.3 Å². The van der Waals surface area contributed by atoms with Crippen LogP contribution in [0.25, 0.3) is 0 Å². The highest BCUT2D eigenvalue weighted by Gasteiger charge is 2.35. The summed E-state index contributed by atoms with van der Waals surface area (Å²) in [5.41, 5.74) is -0.491. The summed E-state index contributed by atoms with van der Waals surface area (Å²) >= 11 is 1.53. The first-order chi connectivity index (χ1) is 9.36. The van der Waals surface area contributed by atoms with Gasteiger partial charge in [0, 0.05) is 22.9 Å². The molecule has 1 fully saturated rings. The Labute approximate surface area is 124 Å². The third kappa shape index (κ3) is 3.59. The lowest BCUT2D eigenvalue weighted by molar-refractivity contribution is 0.178. The van der Waals surface area contributed by atoms with Crippen LogP contribution in [0, 0.1) is 6.92 Å². The number of ether oxygens (including phenoxy) is 1. The van der Waals surface area contributed by atoms with E-state index in [-0.39, 0.29) is 0 Å². The van der Waals surface area contributed by atoms with Crippen LogP contribution in [0.5, 0.6) is 0 Å². The van der Waals surface area contributed by atoms with Crippen molar-refractivity contribution in [2.24, 2.45) is 0 Å². The number of sulfonamides is 1. The summed E-state index contributed by atoms with van der Waals surface area (Å²) in [4.78, 5) is 2.26. The Morgan fingerprint density at radius 2 is 2.25 bits per heavy atom. The molecule has 0 radical (unpaired) electrons. The molecule has 0 aromatic carbocycles. The second kappa shape index (κ2) is 6.11. The predicted octanol–water partition coefficient (Wildman–Crippen LogP) is 1.62. The van der Waals surface area contributed by atoms with Gasteiger partial charge in [0.2, 0.25) is 10.0 Å². The first-order valence-corrected chi connectivity index (χ1v) is 9.08. The largest absolute Gasteiger partial charge is 0.379 e. The molecule has 0 saturated carbocycles. The fraction of sp³-hybridized carbons (Fsp3) is 0.692. The van der Waals surface area contributed by atoms with Crippen LogP contribution in [-0.2, 0) is 21.3 Å². The van der Waals surface area contributed by atoms with Gasteiger partial charge in [0.25, 0.3) is 0 Å². The smallest absolute Gasteiger partial charge is 0.242 e. The van der Waals surface area contributed by atoms with Crippen LogP contribution in [-0.4, -0.2) is 33.7 Å². The van der Waals surface area contributed by atoms with Crippen LogP contribution in [0.2, 0.25) is 0 Å². The number of rotatable bonds is 6. The zero-order chi connectivity index (χ0) is 14.8. The lowest BCUT2D eigenvalue weighted by Crippen LogP contribution is -2.46. The van der Waals surface area contributed by atoms with E-state index in [0.717, 1.165) is 16.3 Å². The quantitative estimate of drug-likeness (QED) is 0.836. The number of hydrogen-bond donors (Lipinski definition) is 2. The molecule has 1 saturated heterocycles. The molecule has 114 valence electrons. The van der Waals surface area contributed by atoms with Gasteiger partial charge in [-0.05, 0) is 32.9 Å². The van der Waals surface area contributed by atoms with Gasteiger partial charge in [0.15, 0.2) is 0 Å². The highest BCUT2D eigenvalue weighted by Crippen LogP contribution is 2.28. The molecule has 0 amide bonds. The number of thiophene rings is 1. The Hall–Kier alpha value is -0.470. The fourth-order valence-corrected chi connectivity index (χ4v) is 5.28. The summed E-state index contributed by atoms with van der Waals surface area (Å²) in [6, 6.07) is 1.77. The molecule has 1 unspecified atom stereocenters. The Bertz CT molecular complexity index is 560. The fourth-order valence-electron chi connectivity index (χ4n) is 2.25. The van der Waals surface area contributed by atoms with Gasteiger partial charge in [-0.2, -0.15) is 0 Å². The molecular weight excluding hydrogens is 296 g/mol. The van der Waals surface area contributed by atoms with Gasteiger partial charge in [-0.1, -0.05) is 6.92 Å². The van der Waals surface area contributed by atoms with Crippen molar-refractivity contribution in [3.8, 4) is 0 Å². The summed E-state index contributed by atoms with van der Waals surface area (Å²) in [6.07, 6.45) is 0.708. The van der Waals surface area contributed by atoms with Crippen molar-refractivity contribution in [2.75, 3.05) is 19.8 Å². The second-order valence-electron chi connectivity index (χ2n) is 5.38. The zero-order valence-corrected chi connectivity index (χ0v) is 13.8. The minimum Gasteiger partial charge on any atom is -0.379 e. The van der Waals surface area contributed by atoms with E-state index in [4.69, 9.17) is 4.74 Å². The first-order valence-electron chi connectivity index (χ1n) is 6.78. The van der Waals surface area contributed by atoms with E-state index >= 15 is 0 Å². The molecule has 1 aromatic heterocycles. The summed E-state index contributed by atoms with van der Waals surface area (Å²) in [5.74, 6) is 0. The van der Waals surface area contributed by atoms with Gasteiger partial charge in [0.05, 0.1) is 17.0 Å². The van der Waals surface area contributed by atoms with E-state index in [9.17, 15) is 8.42 Å². The molecule has 0 spiro atoms. The lowest BCUT2D eigenvalue weighted by atomic mass is 10.0. The van der Waals surface area contributed by atoms with Crippen molar-refractivity contribution in [2.45, 2.75) is 44.2 Å². The molecule has 2 N–H and O–H groups in total. The molecule has 2 heterocycles. The van der Waals surface area contributed by atoms with Gasteiger partial charge in [-0.3, -0.25) is 0 Å². The molecule has 1 aliphatic rings. The average Bonchev–Trinajstić information content (AvgIpc) is 2.93. The van der Waals surface area contributed by atoms with E-state index in [1.807, 2.05) is 20.8 Å². The summed E-state index contributed by atoms with van der Waals surface area (Å²) in [5, 5.41) is 3.21. The zero-order valence-electron chi connectivity index (χ0n) is 12.2. The second-order valence-corrected chi connectivity index (χ2v) is 8.37. The summed E-state index contributed by atoms with van der Waals surface area (Å²) in [6.45, 7) is 8.37. The molecule has 1 aliphatic heterocycles. The normalized spacial score (nSPS) is 23.4. The van der Waals surface area contributed by atoms with Crippen LogP contribution in [0.4, 0.5) is 0 Å². The monoisotopic (exact) mass is 318 g/mol. The van der Waals surface area contributed by atoms with Crippen LogP contribution >= 0.6 is 11.3 Å². The standard InChI is InChI=1S/C13H22N2O3S2/c1-4-14-8-11-7-12(10(2)19-11)20(16,17)15-13(3)5-6-18-9-13/h7,14-15H,4-6,8-9H2,1-3H3. The molecular formula is C13H22N2O3S2. The molecule has 5 nitrogen and oxygen atoms in total. The van der Waals surface area contributed by atoms with Crippen molar-refractivity contribution in [3.05, 3.63) is 15.8 Å². The highest BCUT2D eigenvalue weighted by molar-refractivity contribution is 7.89. The maximum atomic E-state index is 12.5. The minimum absolute atomic E-state index is 0.392. The summed E-state index contributed by atoms with van der Waals surface area (Å²) in [7, 11) is -3.48. The van der Waals surface area contributed by atoms with Crippen LogP contribution in [0.1, 0.15) is 30.0 Å². The summed E-state index contributed by atoms with van der Waals surface area (Å²) < 4.78 is 33.1. The van der Waals surface area contributed by atoms with Crippen LogP contribution in [0.15, 0.2) is 11.0 Å². The molecule has 0 aliphatic carbocycles. The molecule has 2 rings (SSSR count). The van der Waals surface area contributed by atoms with Crippen LogP contribution in [0.3, 0.4) is 0 Å². The third-order valence-electron chi connectivity index (χ3n) is 3.36. The molecule has 0 bridgehead atoms. The van der Waals surface area contributed by atoms with E-state index in [1.54, 1.807) is 6.07 Å². The van der Waals surface area contributed by atoms with E-state index in [2.05, 4.69) is 10.0 Å². The number of aryl methyl sites for hydroxylation is 1. The predicted molar refractivity (Wildman–Crippen MR) is 80.6 cm³/mol. The van der Waals surface area contributed by atoms with E-state index in [0.29, 0.717) is 31.1 Å². The minimum atomic E-state index is -3.48. The van der Waals surface area contributed by atoms with Crippen LogP contribution < -0.4 is 10.0 Å².